The van der Waals surface area contributed by atoms with Crippen molar-refractivity contribution in [2.45, 2.75) is 12.1 Å². The molecule has 3 heterocycles. The van der Waals surface area contributed by atoms with E-state index in [4.69, 9.17) is 16.6 Å². The molecule has 1 aliphatic rings. The number of benzene rings is 2. The van der Waals surface area contributed by atoms with Gasteiger partial charge in [-0.1, -0.05) is 54.6 Å². The van der Waals surface area contributed by atoms with Gasteiger partial charge in [-0.3, -0.25) is 9.78 Å². The van der Waals surface area contributed by atoms with Gasteiger partial charge < -0.3 is 20.0 Å². The Morgan fingerprint density at radius 1 is 0.970 bits per heavy atom. The van der Waals surface area contributed by atoms with Crippen molar-refractivity contribution < 1.29 is 9.21 Å². The van der Waals surface area contributed by atoms with Crippen LogP contribution in [-0.4, -0.2) is 27.4 Å². The highest BCUT2D eigenvalue weighted by molar-refractivity contribution is 7.80. The number of aromatic nitrogens is 1. The van der Waals surface area contributed by atoms with Crippen LogP contribution in [0.15, 0.2) is 102 Å². The molecule has 5 rings (SSSR count). The Morgan fingerprint density at radius 3 is 2.42 bits per heavy atom. The van der Waals surface area contributed by atoms with Crippen molar-refractivity contribution in [1.82, 2.24) is 15.2 Å². The fourth-order valence-electron chi connectivity index (χ4n) is 4.03. The third-order valence-electron chi connectivity index (χ3n) is 5.55. The first kappa shape index (κ1) is 20.9. The number of amides is 1. The average Bonchev–Trinajstić information content (AvgIpc) is 3.46. The van der Waals surface area contributed by atoms with Crippen molar-refractivity contribution >= 4 is 28.9 Å². The molecule has 0 spiro atoms. The Bertz CT molecular complexity index is 1250. The van der Waals surface area contributed by atoms with Crippen LogP contribution >= 0.6 is 12.2 Å². The predicted molar refractivity (Wildman–Crippen MR) is 131 cm³/mol. The number of nitrogens with zero attached hydrogens (tertiary/aromatic N) is 2. The van der Waals surface area contributed by atoms with Crippen molar-refractivity contribution in [3.05, 3.63) is 109 Å². The van der Waals surface area contributed by atoms with Gasteiger partial charge in [0, 0.05) is 17.4 Å². The van der Waals surface area contributed by atoms with E-state index < -0.39 is 0 Å². The number of hydrogen-bond donors (Lipinski definition) is 2. The number of carbonyl (C=O) groups excluding carboxylic acids is 1. The van der Waals surface area contributed by atoms with Crippen LogP contribution in [0.25, 0.3) is 11.3 Å². The van der Waals surface area contributed by atoms with Gasteiger partial charge in [-0.15, -0.1) is 0 Å². The number of pyridine rings is 1. The standard InChI is InChI=1S/C26H22N4O2S/c31-23(28-19-11-5-2-6-12-19)17-30-25(24(29-26(30)33)20-13-7-8-16-27-20)22-15-14-21(32-22)18-9-3-1-4-10-18/h1-16,24-25H,17H2,(H,28,31)(H,29,33). The maximum Gasteiger partial charge on any atom is 0.244 e. The van der Waals surface area contributed by atoms with Gasteiger partial charge >= 0.3 is 0 Å². The van der Waals surface area contributed by atoms with E-state index >= 15 is 0 Å². The van der Waals surface area contributed by atoms with Crippen LogP contribution in [0.3, 0.4) is 0 Å². The van der Waals surface area contributed by atoms with E-state index in [1.54, 1.807) is 6.20 Å². The number of hydrogen-bond acceptors (Lipinski definition) is 4. The minimum absolute atomic E-state index is 0.0795. The molecule has 0 bridgehead atoms. The van der Waals surface area contributed by atoms with Gasteiger partial charge in [0.25, 0.3) is 0 Å². The van der Waals surface area contributed by atoms with E-state index in [1.807, 2.05) is 95.9 Å². The van der Waals surface area contributed by atoms with Crippen LogP contribution in [0.2, 0.25) is 0 Å². The van der Waals surface area contributed by atoms with Crippen LogP contribution in [0.1, 0.15) is 23.5 Å². The van der Waals surface area contributed by atoms with Crippen molar-refractivity contribution in [3.8, 4) is 11.3 Å². The summed E-state index contributed by atoms with van der Waals surface area (Å²) in [6.45, 7) is 0.0795. The molecule has 4 aromatic rings. The third-order valence-corrected chi connectivity index (χ3v) is 5.90. The molecule has 33 heavy (non-hydrogen) atoms. The summed E-state index contributed by atoms with van der Waals surface area (Å²) in [5.74, 6) is 1.31. The zero-order chi connectivity index (χ0) is 22.6. The highest BCUT2D eigenvalue weighted by Gasteiger charge is 2.42. The highest BCUT2D eigenvalue weighted by Crippen LogP contribution is 2.40. The second-order valence-corrected chi connectivity index (χ2v) is 8.12. The van der Waals surface area contributed by atoms with Crippen LogP contribution in [-0.2, 0) is 4.79 Å². The summed E-state index contributed by atoms with van der Waals surface area (Å²) in [4.78, 5) is 19.3. The smallest absolute Gasteiger partial charge is 0.244 e. The van der Waals surface area contributed by atoms with Crippen LogP contribution < -0.4 is 10.6 Å². The van der Waals surface area contributed by atoms with Gasteiger partial charge in [-0.05, 0) is 48.6 Å². The lowest BCUT2D eigenvalue weighted by Gasteiger charge is -2.25. The Balaban J connectivity index is 1.46. The number of carbonyl (C=O) groups is 1. The SMILES string of the molecule is O=C(CN1C(=S)NC(c2ccccn2)C1c1ccc(-c2ccccc2)o1)Nc1ccccc1. The van der Waals surface area contributed by atoms with Gasteiger partial charge in [0.1, 0.15) is 24.1 Å². The van der Waals surface area contributed by atoms with Crippen molar-refractivity contribution in [3.63, 3.8) is 0 Å². The van der Waals surface area contributed by atoms with E-state index in [-0.39, 0.29) is 24.5 Å². The van der Waals surface area contributed by atoms with Crippen molar-refractivity contribution in [2.24, 2.45) is 0 Å². The number of rotatable bonds is 6. The molecule has 2 unspecified atom stereocenters. The maximum absolute atomic E-state index is 12.9. The normalized spacial score (nSPS) is 17.6. The lowest BCUT2D eigenvalue weighted by Crippen LogP contribution is -2.36. The van der Waals surface area contributed by atoms with E-state index in [0.717, 1.165) is 22.7 Å². The predicted octanol–water partition coefficient (Wildman–Crippen LogP) is 4.95. The van der Waals surface area contributed by atoms with E-state index in [0.29, 0.717) is 10.9 Å². The molecule has 164 valence electrons. The molecule has 7 heteroatoms. The average molecular weight is 455 g/mol. The molecular formula is C26H22N4O2S. The zero-order valence-electron chi connectivity index (χ0n) is 17.7. The highest BCUT2D eigenvalue weighted by atomic mass is 32.1. The number of thiocarbonyl (C=S) groups is 1. The lowest BCUT2D eigenvalue weighted by atomic mass is 10.0. The summed E-state index contributed by atoms with van der Waals surface area (Å²) in [5.41, 5.74) is 2.55. The largest absolute Gasteiger partial charge is 0.459 e. The second kappa shape index (κ2) is 9.26. The van der Waals surface area contributed by atoms with E-state index in [1.165, 1.54) is 0 Å². The fraction of sp³-hybridized carbons (Fsp3) is 0.115. The van der Waals surface area contributed by atoms with E-state index in [9.17, 15) is 4.79 Å². The van der Waals surface area contributed by atoms with Gasteiger partial charge in [0.15, 0.2) is 5.11 Å². The summed E-state index contributed by atoms with van der Waals surface area (Å²) in [5, 5.41) is 6.76. The first-order valence-electron chi connectivity index (χ1n) is 10.7. The van der Waals surface area contributed by atoms with Crippen LogP contribution in [0.5, 0.6) is 0 Å². The second-order valence-electron chi connectivity index (χ2n) is 7.74. The van der Waals surface area contributed by atoms with Crippen molar-refractivity contribution in [2.75, 3.05) is 11.9 Å². The molecule has 1 saturated heterocycles. The summed E-state index contributed by atoms with van der Waals surface area (Å²) in [6, 6.07) is 28.4. The van der Waals surface area contributed by atoms with Crippen LogP contribution in [0, 0.1) is 0 Å². The molecule has 2 aromatic carbocycles. The first-order chi connectivity index (χ1) is 16.2. The monoisotopic (exact) mass is 454 g/mol. The van der Waals surface area contributed by atoms with Gasteiger partial charge in [0.2, 0.25) is 5.91 Å². The molecule has 6 nitrogen and oxygen atoms in total. The fourth-order valence-corrected chi connectivity index (χ4v) is 4.34. The minimum Gasteiger partial charge on any atom is -0.459 e. The third kappa shape index (κ3) is 4.49. The topological polar surface area (TPSA) is 70.4 Å². The molecular weight excluding hydrogens is 432 g/mol. The summed E-state index contributed by atoms with van der Waals surface area (Å²) in [7, 11) is 0. The van der Waals surface area contributed by atoms with Gasteiger partial charge in [-0.2, -0.15) is 0 Å². The van der Waals surface area contributed by atoms with Gasteiger partial charge in [0.05, 0.1) is 11.7 Å². The zero-order valence-corrected chi connectivity index (χ0v) is 18.5. The molecule has 0 saturated carbocycles. The summed E-state index contributed by atoms with van der Waals surface area (Å²) in [6.07, 6.45) is 1.75. The van der Waals surface area contributed by atoms with E-state index in [2.05, 4.69) is 15.6 Å². The molecule has 0 radical (unpaired) electrons. The first-order valence-corrected chi connectivity index (χ1v) is 11.1. The molecule has 2 atom stereocenters. The van der Waals surface area contributed by atoms with Crippen molar-refractivity contribution in [1.29, 1.82) is 0 Å². The summed E-state index contributed by atoms with van der Waals surface area (Å²) >= 11 is 5.64. The molecule has 2 N–H and O–H groups in total. The minimum atomic E-state index is -0.327. The lowest BCUT2D eigenvalue weighted by molar-refractivity contribution is -0.116. The molecule has 1 aliphatic heterocycles. The number of para-hydroxylation sites is 1. The Kier molecular flexibility index (Phi) is 5.87. The number of furan rings is 1. The molecule has 1 fully saturated rings. The number of nitrogens with one attached hydrogen (secondary N) is 2. The maximum atomic E-state index is 12.9. The Morgan fingerprint density at radius 2 is 1.70 bits per heavy atom. The Labute approximate surface area is 197 Å². The number of anilines is 1. The quantitative estimate of drug-likeness (QED) is 0.402. The molecule has 0 aliphatic carbocycles. The Hall–Kier alpha value is -3.97. The summed E-state index contributed by atoms with van der Waals surface area (Å²) < 4.78 is 6.28. The molecule has 1 amide bonds. The van der Waals surface area contributed by atoms with Gasteiger partial charge in [-0.25, -0.2) is 0 Å². The molecule has 2 aromatic heterocycles. The van der Waals surface area contributed by atoms with Crippen LogP contribution in [0.4, 0.5) is 5.69 Å².